The lowest BCUT2D eigenvalue weighted by Crippen LogP contribution is -2.41. The maximum atomic E-state index is 13.6. The zero-order valence-electron chi connectivity index (χ0n) is 19.1. The first-order chi connectivity index (χ1) is 15.5. The molecule has 170 valence electrons. The summed E-state index contributed by atoms with van der Waals surface area (Å²) in [7, 11) is -4.66. The number of rotatable bonds is 4. The van der Waals surface area contributed by atoms with Crippen molar-refractivity contribution in [3.05, 3.63) is 60.6 Å². The van der Waals surface area contributed by atoms with E-state index in [0.717, 1.165) is 0 Å². The second-order valence-corrected chi connectivity index (χ2v) is 11.0. The molecule has 0 spiro atoms. The predicted octanol–water partition coefficient (Wildman–Crippen LogP) is 3.54. The van der Waals surface area contributed by atoms with E-state index in [1.807, 2.05) is 39.8 Å². The van der Waals surface area contributed by atoms with E-state index in [-0.39, 0.29) is 10.5 Å². The topological polar surface area (TPSA) is 96.5 Å². The van der Waals surface area contributed by atoms with E-state index in [2.05, 4.69) is 5.16 Å². The number of aromatic nitrogens is 3. The summed E-state index contributed by atoms with van der Waals surface area (Å²) in [5.74, 6) is 0. The van der Waals surface area contributed by atoms with Crippen LogP contribution in [0.25, 0.3) is 22.3 Å². The third kappa shape index (κ3) is 3.40. The lowest BCUT2D eigenvalue weighted by atomic mass is 9.79. The van der Waals surface area contributed by atoms with E-state index in [1.54, 1.807) is 43.5 Å². The Morgan fingerprint density at radius 3 is 2.24 bits per heavy atom. The lowest BCUT2D eigenvalue weighted by Gasteiger charge is -2.32. The van der Waals surface area contributed by atoms with Crippen LogP contribution in [0.3, 0.4) is 0 Å². The first kappa shape index (κ1) is 21.9. The van der Waals surface area contributed by atoms with E-state index >= 15 is 0 Å². The molecule has 1 aromatic carbocycles. The molecule has 1 fully saturated rings. The number of nitrogens with zero attached hydrogens (tertiary/aromatic N) is 3. The summed E-state index contributed by atoms with van der Waals surface area (Å²) >= 11 is 0. The molecule has 0 amide bonds. The fraction of sp³-hybridized carbons (Fsp3) is 0.304. The normalized spacial score (nSPS) is 17.7. The van der Waals surface area contributed by atoms with Crippen LogP contribution in [0.15, 0.2) is 64.3 Å². The molecule has 4 heterocycles. The van der Waals surface area contributed by atoms with Crippen LogP contribution in [0, 0.1) is 6.92 Å². The summed E-state index contributed by atoms with van der Waals surface area (Å²) in [6, 6.07) is 11.9. The molecule has 8 nitrogen and oxygen atoms in total. The Morgan fingerprint density at radius 2 is 1.64 bits per heavy atom. The van der Waals surface area contributed by atoms with Crippen molar-refractivity contribution in [3.63, 3.8) is 0 Å². The Kier molecular flexibility index (Phi) is 4.82. The maximum absolute atomic E-state index is 13.6. The summed E-state index contributed by atoms with van der Waals surface area (Å²) in [6.07, 6.45) is 3.05. The van der Waals surface area contributed by atoms with Crippen LogP contribution < -0.4 is 5.46 Å². The smallest absolute Gasteiger partial charge is 0.399 e. The Hall–Kier alpha value is -2.95. The van der Waals surface area contributed by atoms with E-state index in [0.29, 0.717) is 27.8 Å². The molecule has 1 aliphatic rings. The van der Waals surface area contributed by atoms with Gasteiger partial charge >= 0.3 is 7.12 Å². The van der Waals surface area contributed by atoms with Crippen LogP contribution in [-0.4, -0.2) is 40.9 Å². The summed E-state index contributed by atoms with van der Waals surface area (Å²) in [6.45, 7) is 9.63. The SMILES string of the molecule is Cc1nocc1-c1ccc2c(B3OC(C)(C)C(C)(C)O3)cn(S(=O)(=O)c3ccccc3)c2n1. The minimum absolute atomic E-state index is 0.163. The highest BCUT2D eigenvalue weighted by molar-refractivity contribution is 7.90. The molecule has 10 heteroatoms. The van der Waals surface area contributed by atoms with Crippen LogP contribution in [0.5, 0.6) is 0 Å². The molecule has 33 heavy (non-hydrogen) atoms. The Morgan fingerprint density at radius 1 is 0.970 bits per heavy atom. The first-order valence-electron chi connectivity index (χ1n) is 10.6. The molecule has 0 saturated carbocycles. The monoisotopic (exact) mass is 465 g/mol. The van der Waals surface area contributed by atoms with Gasteiger partial charge in [-0.1, -0.05) is 23.4 Å². The Balaban J connectivity index is 1.74. The van der Waals surface area contributed by atoms with Crippen molar-refractivity contribution >= 4 is 33.6 Å². The van der Waals surface area contributed by atoms with E-state index in [4.69, 9.17) is 18.8 Å². The number of pyridine rings is 1. The van der Waals surface area contributed by atoms with Gasteiger partial charge in [0.2, 0.25) is 0 Å². The number of hydrogen-bond acceptors (Lipinski definition) is 7. The van der Waals surface area contributed by atoms with Gasteiger partial charge in [0.1, 0.15) is 6.26 Å². The molecule has 0 radical (unpaired) electrons. The summed E-state index contributed by atoms with van der Waals surface area (Å²) in [4.78, 5) is 4.87. The predicted molar refractivity (Wildman–Crippen MR) is 125 cm³/mol. The van der Waals surface area contributed by atoms with Crippen molar-refractivity contribution in [2.45, 2.75) is 50.7 Å². The van der Waals surface area contributed by atoms with Crippen molar-refractivity contribution in [3.8, 4) is 11.3 Å². The maximum Gasteiger partial charge on any atom is 0.497 e. The lowest BCUT2D eigenvalue weighted by molar-refractivity contribution is 0.00578. The fourth-order valence-corrected chi connectivity index (χ4v) is 5.18. The summed E-state index contributed by atoms with van der Waals surface area (Å²) in [5, 5.41) is 4.54. The zero-order chi connectivity index (χ0) is 23.6. The largest absolute Gasteiger partial charge is 0.497 e. The molecule has 3 aromatic heterocycles. The fourth-order valence-electron chi connectivity index (χ4n) is 3.83. The zero-order valence-corrected chi connectivity index (χ0v) is 19.9. The van der Waals surface area contributed by atoms with Gasteiger partial charge in [-0.2, -0.15) is 0 Å². The molecular weight excluding hydrogens is 441 g/mol. The van der Waals surface area contributed by atoms with Gasteiger partial charge in [-0.05, 0) is 58.9 Å². The highest BCUT2D eigenvalue weighted by atomic mass is 32.2. The minimum Gasteiger partial charge on any atom is -0.399 e. The van der Waals surface area contributed by atoms with Gasteiger partial charge in [-0.15, -0.1) is 0 Å². The van der Waals surface area contributed by atoms with Gasteiger partial charge in [0.15, 0.2) is 5.65 Å². The van der Waals surface area contributed by atoms with Gasteiger partial charge in [-0.25, -0.2) is 17.4 Å². The van der Waals surface area contributed by atoms with Crippen molar-refractivity contribution in [1.29, 1.82) is 0 Å². The molecule has 1 aliphatic heterocycles. The Labute approximate surface area is 192 Å². The summed E-state index contributed by atoms with van der Waals surface area (Å²) < 4.78 is 45.9. The highest BCUT2D eigenvalue weighted by Crippen LogP contribution is 2.37. The van der Waals surface area contributed by atoms with Gasteiger partial charge in [-0.3, -0.25) is 0 Å². The average molecular weight is 465 g/mol. The van der Waals surface area contributed by atoms with Crippen LogP contribution >= 0.6 is 0 Å². The number of aryl methyl sites for hydroxylation is 1. The van der Waals surface area contributed by atoms with Gasteiger partial charge in [0, 0.05) is 17.0 Å². The average Bonchev–Trinajstić information content (AvgIpc) is 3.42. The van der Waals surface area contributed by atoms with E-state index < -0.39 is 28.3 Å². The van der Waals surface area contributed by atoms with E-state index in [1.165, 1.54) is 10.2 Å². The number of fused-ring (bicyclic) bond motifs is 1. The second-order valence-electron chi connectivity index (χ2n) is 9.17. The first-order valence-corrected chi connectivity index (χ1v) is 12.0. The molecule has 0 unspecified atom stereocenters. The third-order valence-corrected chi connectivity index (χ3v) is 8.15. The van der Waals surface area contributed by atoms with Crippen molar-refractivity contribution in [2.24, 2.45) is 0 Å². The standard InChI is InChI=1S/C23H24BN3O5S/c1-15-18(14-30-26-15)20-12-11-17-19(24-31-22(2,3)23(4,5)32-24)13-27(21(17)25-20)33(28,29)16-9-7-6-8-10-16/h6-14H,1-5H3. The second kappa shape index (κ2) is 7.28. The Bertz CT molecular complexity index is 1440. The van der Waals surface area contributed by atoms with Crippen molar-refractivity contribution in [1.82, 2.24) is 14.1 Å². The van der Waals surface area contributed by atoms with Crippen LogP contribution in [0.2, 0.25) is 0 Å². The van der Waals surface area contributed by atoms with Gasteiger partial charge < -0.3 is 13.8 Å². The molecule has 0 aliphatic carbocycles. The van der Waals surface area contributed by atoms with E-state index in [9.17, 15) is 8.42 Å². The molecule has 0 atom stereocenters. The van der Waals surface area contributed by atoms with Crippen LogP contribution in [-0.2, 0) is 19.3 Å². The van der Waals surface area contributed by atoms with Crippen LogP contribution in [0.1, 0.15) is 33.4 Å². The van der Waals surface area contributed by atoms with Crippen molar-refractivity contribution < 1.29 is 22.2 Å². The van der Waals surface area contributed by atoms with Crippen molar-refractivity contribution in [2.75, 3.05) is 0 Å². The highest BCUT2D eigenvalue weighted by Gasteiger charge is 2.52. The number of hydrogen-bond donors (Lipinski definition) is 0. The number of benzene rings is 1. The quantitative estimate of drug-likeness (QED) is 0.426. The molecule has 1 saturated heterocycles. The van der Waals surface area contributed by atoms with Gasteiger partial charge in [0.25, 0.3) is 10.0 Å². The molecule has 4 aromatic rings. The molecule has 5 rings (SSSR count). The molecule has 0 bridgehead atoms. The molecular formula is C23H24BN3O5S. The third-order valence-electron chi connectivity index (χ3n) is 6.48. The van der Waals surface area contributed by atoms with Crippen LogP contribution in [0.4, 0.5) is 0 Å². The van der Waals surface area contributed by atoms with Gasteiger partial charge in [0.05, 0.1) is 33.0 Å². The minimum atomic E-state index is -3.92. The molecule has 0 N–H and O–H groups in total. The summed E-state index contributed by atoms with van der Waals surface area (Å²) in [5.41, 5.74) is 1.65.